The van der Waals surface area contributed by atoms with Gasteiger partial charge in [0.1, 0.15) is 0 Å². The monoisotopic (exact) mass is 286 g/mol. The third-order valence-corrected chi connectivity index (χ3v) is 5.24. The molecule has 0 radical (unpaired) electrons. The minimum atomic E-state index is 0.757. The summed E-state index contributed by atoms with van der Waals surface area (Å²) in [4.78, 5) is 2.61. The molecular formula is C19H30N2. The van der Waals surface area contributed by atoms with Crippen LogP contribution < -0.4 is 5.32 Å². The molecule has 0 bridgehead atoms. The smallest absolute Gasteiger partial charge is 0.0233 e. The van der Waals surface area contributed by atoms with Gasteiger partial charge in [-0.3, -0.25) is 4.90 Å². The summed E-state index contributed by atoms with van der Waals surface area (Å²) < 4.78 is 0. The van der Waals surface area contributed by atoms with E-state index < -0.39 is 0 Å². The molecule has 2 atom stereocenters. The summed E-state index contributed by atoms with van der Waals surface area (Å²) in [5.74, 6) is 0.925. The predicted octanol–water partition coefficient (Wildman–Crippen LogP) is 3.82. The Bertz CT molecular complexity index is 409. The lowest BCUT2D eigenvalue weighted by molar-refractivity contribution is 0.172. The molecule has 0 amide bonds. The minimum absolute atomic E-state index is 0.757. The van der Waals surface area contributed by atoms with Gasteiger partial charge in [-0.15, -0.1) is 0 Å². The third-order valence-electron chi connectivity index (χ3n) is 5.24. The second-order valence-electron chi connectivity index (χ2n) is 7.17. The molecule has 1 aliphatic heterocycles. The third kappa shape index (κ3) is 4.55. The van der Waals surface area contributed by atoms with Crippen molar-refractivity contribution in [3.63, 3.8) is 0 Å². The summed E-state index contributed by atoms with van der Waals surface area (Å²) >= 11 is 0. The van der Waals surface area contributed by atoms with Crippen LogP contribution >= 0.6 is 0 Å². The van der Waals surface area contributed by atoms with E-state index in [4.69, 9.17) is 0 Å². The van der Waals surface area contributed by atoms with Gasteiger partial charge in [0, 0.05) is 18.6 Å². The maximum Gasteiger partial charge on any atom is 0.0233 e. The Morgan fingerprint density at radius 2 is 1.76 bits per heavy atom. The van der Waals surface area contributed by atoms with Crippen LogP contribution in [-0.2, 0) is 6.54 Å². The summed E-state index contributed by atoms with van der Waals surface area (Å²) in [5.41, 5.74) is 1.45. The van der Waals surface area contributed by atoms with E-state index in [1.54, 1.807) is 0 Å². The van der Waals surface area contributed by atoms with Crippen LogP contribution in [0.15, 0.2) is 30.3 Å². The van der Waals surface area contributed by atoms with Gasteiger partial charge in [0.15, 0.2) is 0 Å². The minimum Gasteiger partial charge on any atom is -0.311 e. The molecule has 1 heterocycles. The molecule has 1 N–H and O–H groups in total. The van der Waals surface area contributed by atoms with Crippen molar-refractivity contribution in [2.75, 3.05) is 13.1 Å². The van der Waals surface area contributed by atoms with Gasteiger partial charge < -0.3 is 5.32 Å². The maximum atomic E-state index is 3.95. The summed E-state index contributed by atoms with van der Waals surface area (Å²) in [6, 6.07) is 12.4. The van der Waals surface area contributed by atoms with Gasteiger partial charge in [0.25, 0.3) is 0 Å². The molecule has 1 saturated heterocycles. The van der Waals surface area contributed by atoms with Crippen LogP contribution in [0.25, 0.3) is 0 Å². The molecule has 1 aliphatic carbocycles. The molecule has 2 heteroatoms. The fourth-order valence-electron chi connectivity index (χ4n) is 4.02. The number of rotatable bonds is 4. The molecule has 1 saturated carbocycles. The van der Waals surface area contributed by atoms with Crippen LogP contribution in [0.4, 0.5) is 0 Å². The molecule has 0 aromatic heterocycles. The zero-order chi connectivity index (χ0) is 14.5. The Balaban J connectivity index is 1.40. The molecule has 0 spiro atoms. The SMILES string of the molecule is C[C@H]1CCC[C@@H](NC2CCN(Cc3ccccc3)CC2)C1. The van der Waals surface area contributed by atoms with Crippen LogP contribution in [0, 0.1) is 5.92 Å². The number of benzene rings is 1. The van der Waals surface area contributed by atoms with Gasteiger partial charge in [0.2, 0.25) is 0 Å². The predicted molar refractivity (Wildman–Crippen MR) is 89.3 cm³/mol. The van der Waals surface area contributed by atoms with Gasteiger partial charge in [-0.25, -0.2) is 0 Å². The highest BCUT2D eigenvalue weighted by Crippen LogP contribution is 2.25. The average Bonchev–Trinajstić information content (AvgIpc) is 2.50. The van der Waals surface area contributed by atoms with Crippen LogP contribution in [-0.4, -0.2) is 30.1 Å². The Labute approximate surface area is 129 Å². The summed E-state index contributed by atoms with van der Waals surface area (Å²) in [7, 11) is 0. The first kappa shape index (κ1) is 15.1. The normalized spacial score (nSPS) is 28.6. The van der Waals surface area contributed by atoms with E-state index in [1.165, 1.54) is 57.2 Å². The lowest BCUT2D eigenvalue weighted by Crippen LogP contribution is -2.47. The van der Waals surface area contributed by atoms with Crippen molar-refractivity contribution in [3.05, 3.63) is 35.9 Å². The highest BCUT2D eigenvalue weighted by atomic mass is 15.1. The van der Waals surface area contributed by atoms with Gasteiger partial charge in [-0.1, -0.05) is 50.1 Å². The van der Waals surface area contributed by atoms with E-state index in [1.807, 2.05) is 0 Å². The largest absolute Gasteiger partial charge is 0.311 e. The fraction of sp³-hybridized carbons (Fsp3) is 0.684. The Morgan fingerprint density at radius 1 is 1.00 bits per heavy atom. The van der Waals surface area contributed by atoms with Gasteiger partial charge >= 0.3 is 0 Å². The Kier molecular flexibility index (Phi) is 5.32. The molecule has 2 nitrogen and oxygen atoms in total. The topological polar surface area (TPSA) is 15.3 Å². The van der Waals surface area contributed by atoms with Gasteiger partial charge in [0.05, 0.1) is 0 Å². The van der Waals surface area contributed by atoms with E-state index in [2.05, 4.69) is 47.5 Å². The van der Waals surface area contributed by atoms with Crippen molar-refractivity contribution in [3.8, 4) is 0 Å². The molecule has 3 rings (SSSR count). The van der Waals surface area contributed by atoms with Crippen LogP contribution in [0.1, 0.15) is 51.0 Å². The van der Waals surface area contributed by atoms with Gasteiger partial charge in [-0.2, -0.15) is 0 Å². The molecule has 0 unspecified atom stereocenters. The molecule has 2 fully saturated rings. The molecule has 2 aliphatic rings. The first-order valence-electron chi connectivity index (χ1n) is 8.82. The van der Waals surface area contributed by atoms with Crippen LogP contribution in [0.5, 0.6) is 0 Å². The summed E-state index contributed by atoms with van der Waals surface area (Å²) in [6.45, 7) is 6.02. The Morgan fingerprint density at radius 3 is 2.48 bits per heavy atom. The van der Waals surface area contributed by atoms with E-state index in [0.29, 0.717) is 0 Å². The molecule has 1 aromatic rings. The lowest BCUT2D eigenvalue weighted by atomic mass is 9.86. The molecule has 1 aromatic carbocycles. The van der Waals surface area contributed by atoms with Crippen molar-refractivity contribution in [1.82, 2.24) is 10.2 Å². The molecule has 21 heavy (non-hydrogen) atoms. The summed E-state index contributed by atoms with van der Waals surface area (Å²) in [5, 5.41) is 3.95. The second kappa shape index (κ2) is 7.42. The van der Waals surface area contributed by atoms with Crippen molar-refractivity contribution >= 4 is 0 Å². The Hall–Kier alpha value is -0.860. The zero-order valence-corrected chi connectivity index (χ0v) is 13.4. The first-order chi connectivity index (χ1) is 10.3. The van der Waals surface area contributed by atoms with Crippen LogP contribution in [0.3, 0.4) is 0 Å². The van der Waals surface area contributed by atoms with Crippen molar-refractivity contribution in [1.29, 1.82) is 0 Å². The number of nitrogens with zero attached hydrogens (tertiary/aromatic N) is 1. The summed E-state index contributed by atoms with van der Waals surface area (Å²) in [6.07, 6.45) is 8.29. The van der Waals surface area contributed by atoms with E-state index in [0.717, 1.165) is 24.5 Å². The van der Waals surface area contributed by atoms with Crippen LogP contribution in [0.2, 0.25) is 0 Å². The zero-order valence-electron chi connectivity index (χ0n) is 13.4. The number of piperidine rings is 1. The first-order valence-corrected chi connectivity index (χ1v) is 8.82. The van der Waals surface area contributed by atoms with Crippen molar-refractivity contribution in [2.24, 2.45) is 5.92 Å². The average molecular weight is 286 g/mol. The standard InChI is InChI=1S/C19H30N2/c1-16-6-5-9-19(14-16)20-18-10-12-21(13-11-18)15-17-7-3-2-4-8-17/h2-4,7-8,16,18-20H,5-6,9-15H2,1H3/t16-,19+/m0/s1. The highest BCUT2D eigenvalue weighted by molar-refractivity contribution is 5.14. The molecular weight excluding hydrogens is 256 g/mol. The lowest BCUT2D eigenvalue weighted by Gasteiger charge is -2.36. The van der Waals surface area contributed by atoms with Crippen molar-refractivity contribution in [2.45, 2.75) is 64.1 Å². The van der Waals surface area contributed by atoms with E-state index in [9.17, 15) is 0 Å². The van der Waals surface area contributed by atoms with Gasteiger partial charge in [-0.05, 0) is 50.3 Å². The fourth-order valence-corrected chi connectivity index (χ4v) is 4.02. The second-order valence-corrected chi connectivity index (χ2v) is 7.17. The highest BCUT2D eigenvalue weighted by Gasteiger charge is 2.24. The number of likely N-dealkylation sites (tertiary alicyclic amines) is 1. The van der Waals surface area contributed by atoms with Crippen molar-refractivity contribution < 1.29 is 0 Å². The van der Waals surface area contributed by atoms with E-state index in [-0.39, 0.29) is 0 Å². The maximum absolute atomic E-state index is 3.95. The van der Waals surface area contributed by atoms with E-state index >= 15 is 0 Å². The number of hydrogen-bond donors (Lipinski definition) is 1. The quantitative estimate of drug-likeness (QED) is 0.905. The molecule has 116 valence electrons. The number of nitrogens with one attached hydrogen (secondary N) is 1. The number of hydrogen-bond acceptors (Lipinski definition) is 2.